The molecule has 0 radical (unpaired) electrons. The highest BCUT2D eigenvalue weighted by molar-refractivity contribution is 7.15. The van der Waals surface area contributed by atoms with Crippen LogP contribution < -0.4 is 10.6 Å². The predicted octanol–water partition coefficient (Wildman–Crippen LogP) is 2.94. The predicted molar refractivity (Wildman–Crippen MR) is 70.4 cm³/mol. The molecule has 1 aromatic rings. The number of aryl methyl sites for hydroxylation is 1. The van der Waals surface area contributed by atoms with Crippen molar-refractivity contribution in [2.24, 2.45) is 11.7 Å². The molecule has 1 aliphatic rings. The van der Waals surface area contributed by atoms with Gasteiger partial charge in [-0.1, -0.05) is 6.92 Å². The standard InChI is InChI=1S/C12H18F3N3S/c1-2-9-10(7-16)19-11(17-9)18-5-3-8(4-6-18)12(13,14)15/h8H,2-7,16H2,1H3. The molecule has 1 saturated heterocycles. The van der Waals surface area contributed by atoms with Crippen LogP contribution in [0.5, 0.6) is 0 Å². The summed E-state index contributed by atoms with van der Waals surface area (Å²) in [5.41, 5.74) is 6.62. The molecule has 108 valence electrons. The van der Waals surface area contributed by atoms with E-state index in [1.165, 1.54) is 11.3 Å². The summed E-state index contributed by atoms with van der Waals surface area (Å²) >= 11 is 1.51. The number of thiazole rings is 1. The summed E-state index contributed by atoms with van der Waals surface area (Å²) in [7, 11) is 0. The molecule has 1 aliphatic heterocycles. The van der Waals surface area contributed by atoms with Crippen LogP contribution in [0.15, 0.2) is 0 Å². The maximum atomic E-state index is 12.6. The van der Waals surface area contributed by atoms with E-state index in [0.717, 1.165) is 22.1 Å². The molecule has 0 spiro atoms. The van der Waals surface area contributed by atoms with Gasteiger partial charge in [-0.05, 0) is 19.3 Å². The van der Waals surface area contributed by atoms with Gasteiger partial charge in [-0.2, -0.15) is 13.2 Å². The van der Waals surface area contributed by atoms with Gasteiger partial charge < -0.3 is 10.6 Å². The van der Waals surface area contributed by atoms with Gasteiger partial charge in [-0.25, -0.2) is 4.98 Å². The second-order valence-electron chi connectivity index (χ2n) is 4.73. The van der Waals surface area contributed by atoms with Crippen molar-refractivity contribution in [1.82, 2.24) is 4.98 Å². The fourth-order valence-corrected chi connectivity index (χ4v) is 3.42. The van der Waals surface area contributed by atoms with Crippen LogP contribution in [0.4, 0.5) is 18.3 Å². The molecule has 19 heavy (non-hydrogen) atoms. The molecule has 0 aromatic carbocycles. The van der Waals surface area contributed by atoms with Gasteiger partial charge in [-0.15, -0.1) is 11.3 Å². The molecule has 1 aromatic heterocycles. The first-order valence-corrected chi connectivity index (χ1v) is 7.27. The Morgan fingerprint density at radius 1 is 1.37 bits per heavy atom. The van der Waals surface area contributed by atoms with Crippen molar-refractivity contribution < 1.29 is 13.2 Å². The van der Waals surface area contributed by atoms with Crippen LogP contribution in [0.1, 0.15) is 30.3 Å². The van der Waals surface area contributed by atoms with Crippen molar-refractivity contribution in [2.45, 2.75) is 38.9 Å². The first kappa shape index (κ1) is 14.6. The Balaban J connectivity index is 2.03. The summed E-state index contributed by atoms with van der Waals surface area (Å²) in [5, 5.41) is 0.818. The second-order valence-corrected chi connectivity index (χ2v) is 5.79. The quantitative estimate of drug-likeness (QED) is 0.931. The molecule has 0 aliphatic carbocycles. The zero-order chi connectivity index (χ0) is 14.0. The normalized spacial score (nSPS) is 18.1. The van der Waals surface area contributed by atoms with E-state index in [1.807, 2.05) is 11.8 Å². The number of anilines is 1. The molecule has 2 heterocycles. The van der Waals surface area contributed by atoms with Crippen molar-refractivity contribution in [3.63, 3.8) is 0 Å². The van der Waals surface area contributed by atoms with Gasteiger partial charge in [0, 0.05) is 24.5 Å². The van der Waals surface area contributed by atoms with Crippen molar-refractivity contribution in [3.8, 4) is 0 Å². The van der Waals surface area contributed by atoms with Crippen molar-refractivity contribution in [3.05, 3.63) is 10.6 Å². The lowest BCUT2D eigenvalue weighted by atomic mass is 9.97. The van der Waals surface area contributed by atoms with Gasteiger partial charge in [-0.3, -0.25) is 0 Å². The minimum absolute atomic E-state index is 0.155. The lowest BCUT2D eigenvalue weighted by Gasteiger charge is -2.32. The van der Waals surface area contributed by atoms with Gasteiger partial charge in [0.1, 0.15) is 0 Å². The topological polar surface area (TPSA) is 42.2 Å². The molecule has 0 bridgehead atoms. The monoisotopic (exact) mass is 293 g/mol. The van der Waals surface area contributed by atoms with Crippen LogP contribution >= 0.6 is 11.3 Å². The van der Waals surface area contributed by atoms with Crippen LogP contribution in [0.3, 0.4) is 0 Å². The van der Waals surface area contributed by atoms with Crippen LogP contribution in [0.2, 0.25) is 0 Å². The summed E-state index contributed by atoms with van der Waals surface area (Å²) < 4.78 is 37.8. The number of rotatable bonds is 3. The minimum atomic E-state index is -4.06. The van der Waals surface area contributed by atoms with Gasteiger partial charge >= 0.3 is 6.18 Å². The number of halogens is 3. The Morgan fingerprint density at radius 2 is 2.00 bits per heavy atom. The van der Waals surface area contributed by atoms with Gasteiger partial charge in [0.2, 0.25) is 0 Å². The first-order chi connectivity index (χ1) is 8.95. The summed E-state index contributed by atoms with van der Waals surface area (Å²) in [6.45, 7) is 3.30. The lowest BCUT2D eigenvalue weighted by Crippen LogP contribution is -2.38. The molecular weight excluding hydrogens is 275 g/mol. The van der Waals surface area contributed by atoms with E-state index in [9.17, 15) is 13.2 Å². The highest BCUT2D eigenvalue weighted by Gasteiger charge is 2.41. The Kier molecular flexibility index (Phi) is 4.35. The van der Waals surface area contributed by atoms with Crippen LogP contribution in [0, 0.1) is 5.92 Å². The molecule has 2 N–H and O–H groups in total. The van der Waals surface area contributed by atoms with E-state index in [0.29, 0.717) is 19.6 Å². The zero-order valence-electron chi connectivity index (χ0n) is 10.8. The summed E-state index contributed by atoms with van der Waals surface area (Å²) in [5.74, 6) is -1.16. The lowest BCUT2D eigenvalue weighted by molar-refractivity contribution is -0.179. The van der Waals surface area contributed by atoms with E-state index in [2.05, 4.69) is 4.98 Å². The largest absolute Gasteiger partial charge is 0.391 e. The maximum Gasteiger partial charge on any atom is 0.391 e. The van der Waals surface area contributed by atoms with E-state index in [4.69, 9.17) is 5.73 Å². The van der Waals surface area contributed by atoms with Crippen LogP contribution in [-0.4, -0.2) is 24.2 Å². The molecule has 0 unspecified atom stereocenters. The van der Waals surface area contributed by atoms with Gasteiger partial charge in [0.05, 0.1) is 11.6 Å². The summed E-state index contributed by atoms with van der Waals surface area (Å²) in [6, 6.07) is 0. The Morgan fingerprint density at radius 3 is 2.42 bits per heavy atom. The average molecular weight is 293 g/mol. The minimum Gasteiger partial charge on any atom is -0.348 e. The number of hydrogen-bond acceptors (Lipinski definition) is 4. The van der Waals surface area contributed by atoms with Crippen molar-refractivity contribution in [2.75, 3.05) is 18.0 Å². The van der Waals surface area contributed by atoms with Crippen molar-refractivity contribution in [1.29, 1.82) is 0 Å². The average Bonchev–Trinajstić information content (AvgIpc) is 2.81. The molecule has 0 amide bonds. The fourth-order valence-electron chi connectivity index (χ4n) is 2.34. The van der Waals surface area contributed by atoms with Gasteiger partial charge in [0.15, 0.2) is 5.13 Å². The van der Waals surface area contributed by atoms with E-state index in [1.54, 1.807) is 0 Å². The highest BCUT2D eigenvalue weighted by atomic mass is 32.1. The Bertz CT molecular complexity index is 401. The second kappa shape index (κ2) is 5.66. The third kappa shape index (κ3) is 3.20. The number of alkyl halides is 3. The summed E-state index contributed by atoms with van der Waals surface area (Å²) in [4.78, 5) is 7.48. The molecule has 3 nitrogen and oxygen atoms in total. The third-order valence-corrected chi connectivity index (χ3v) is 4.70. The van der Waals surface area contributed by atoms with E-state index < -0.39 is 12.1 Å². The van der Waals surface area contributed by atoms with E-state index in [-0.39, 0.29) is 12.8 Å². The van der Waals surface area contributed by atoms with Crippen LogP contribution in [0.25, 0.3) is 0 Å². The number of hydrogen-bond donors (Lipinski definition) is 1. The molecular formula is C12H18F3N3S. The fraction of sp³-hybridized carbons (Fsp3) is 0.750. The smallest absolute Gasteiger partial charge is 0.348 e. The Hall–Kier alpha value is -0.820. The SMILES string of the molecule is CCc1nc(N2CCC(C(F)(F)F)CC2)sc1CN. The first-order valence-electron chi connectivity index (χ1n) is 6.46. The highest BCUT2D eigenvalue weighted by Crippen LogP contribution is 2.36. The van der Waals surface area contributed by atoms with Crippen LogP contribution in [-0.2, 0) is 13.0 Å². The molecule has 0 atom stereocenters. The number of aromatic nitrogens is 1. The maximum absolute atomic E-state index is 12.6. The van der Waals surface area contributed by atoms with E-state index >= 15 is 0 Å². The van der Waals surface area contributed by atoms with Crippen molar-refractivity contribution >= 4 is 16.5 Å². The molecule has 0 saturated carbocycles. The number of nitrogens with two attached hydrogens (primary N) is 1. The third-order valence-electron chi connectivity index (χ3n) is 3.52. The Labute approximate surface area is 114 Å². The molecule has 2 rings (SSSR count). The van der Waals surface area contributed by atoms with Gasteiger partial charge in [0.25, 0.3) is 0 Å². The molecule has 1 fully saturated rings. The zero-order valence-corrected chi connectivity index (χ0v) is 11.7. The summed E-state index contributed by atoms with van der Waals surface area (Å²) in [6.07, 6.45) is -2.95. The number of piperidine rings is 1. The number of nitrogens with zero attached hydrogens (tertiary/aromatic N) is 2. The molecule has 7 heteroatoms.